The van der Waals surface area contributed by atoms with Crippen molar-refractivity contribution >= 4 is 34.6 Å². The largest absolute Gasteiger partial charge is 0.490 e. The molecule has 0 atom stereocenters. The molecule has 1 heterocycles. The van der Waals surface area contributed by atoms with Gasteiger partial charge < -0.3 is 9.47 Å². The van der Waals surface area contributed by atoms with E-state index in [-0.39, 0.29) is 11.9 Å². The van der Waals surface area contributed by atoms with Crippen molar-refractivity contribution in [1.82, 2.24) is 4.90 Å². The van der Waals surface area contributed by atoms with Crippen molar-refractivity contribution in [3.05, 3.63) is 58.5 Å². The van der Waals surface area contributed by atoms with E-state index in [1.54, 1.807) is 0 Å². The Morgan fingerprint density at radius 1 is 1.00 bits per heavy atom. The molecule has 0 unspecified atom stereocenters. The number of amides is 1. The third-order valence-electron chi connectivity index (χ3n) is 6.23. The molecule has 6 heteroatoms. The average molecular weight is 479 g/mol. The number of aryl methyl sites for hydroxylation is 1. The first-order valence-corrected chi connectivity index (χ1v) is 13.3. The van der Waals surface area contributed by atoms with E-state index in [0.717, 1.165) is 54.3 Å². The molecule has 0 radical (unpaired) electrons. The van der Waals surface area contributed by atoms with Crippen molar-refractivity contribution < 1.29 is 14.3 Å². The fraction of sp³-hybridized carbons (Fsp3) is 0.429. The van der Waals surface area contributed by atoms with E-state index in [0.29, 0.717) is 23.9 Å². The summed E-state index contributed by atoms with van der Waals surface area (Å²) < 4.78 is 11.5. The van der Waals surface area contributed by atoms with Gasteiger partial charge in [0, 0.05) is 6.04 Å². The molecule has 0 spiro atoms. The molecule has 0 bridgehead atoms. The summed E-state index contributed by atoms with van der Waals surface area (Å²) in [6, 6.07) is 14.2. The number of hydrogen-bond acceptors (Lipinski definition) is 5. The smallest absolute Gasteiger partial charge is 0.267 e. The monoisotopic (exact) mass is 478 g/mol. The first-order chi connectivity index (χ1) is 16.6. The number of para-hydroxylation sites is 1. The Bertz CT molecular complexity index is 1070. The lowest BCUT2D eigenvalue weighted by atomic mass is 9.94. The van der Waals surface area contributed by atoms with E-state index >= 15 is 0 Å². The molecule has 0 N–H and O–H groups in total. The van der Waals surface area contributed by atoms with Gasteiger partial charge in [0.2, 0.25) is 0 Å². The highest BCUT2D eigenvalue weighted by atomic mass is 32.2. The summed E-state index contributed by atoms with van der Waals surface area (Å²) in [5, 5.41) is 0.792. The van der Waals surface area contributed by atoms with E-state index in [2.05, 4.69) is 13.0 Å². The Morgan fingerprint density at radius 3 is 2.47 bits per heavy atom. The maximum atomic E-state index is 13.6. The van der Waals surface area contributed by atoms with E-state index in [9.17, 15) is 4.79 Å². The molecule has 1 aliphatic carbocycles. The summed E-state index contributed by atoms with van der Waals surface area (Å²) in [4.78, 5) is 21.3. The Morgan fingerprint density at radius 2 is 1.74 bits per heavy atom. The molecule has 4 rings (SSSR count). The minimum atomic E-state index is 0.0523. The highest BCUT2D eigenvalue weighted by Gasteiger charge is 2.38. The summed E-state index contributed by atoms with van der Waals surface area (Å²) >= 11 is 1.48. The number of aliphatic imine (C=N–C) groups is 1. The quantitative estimate of drug-likeness (QED) is 0.384. The molecular formula is C28H34N2O3S. The number of carbonyl (C=O) groups excluding carboxylic acids is 1. The number of thioether (sulfide) groups is 1. The van der Waals surface area contributed by atoms with Gasteiger partial charge in [0.25, 0.3) is 5.91 Å². The van der Waals surface area contributed by atoms with Gasteiger partial charge in [-0.15, -0.1) is 0 Å². The SMILES string of the molecule is CCOc1ccc(/C=C2/SC(=Nc3ccccc3CC)N(C3CCCCC3)C2=O)cc1OCC. The number of benzene rings is 2. The van der Waals surface area contributed by atoms with Gasteiger partial charge in [0.05, 0.1) is 23.8 Å². The van der Waals surface area contributed by atoms with Crippen LogP contribution in [0.15, 0.2) is 52.4 Å². The average Bonchev–Trinajstić information content (AvgIpc) is 3.16. The maximum absolute atomic E-state index is 13.6. The Labute approximate surface area is 207 Å². The number of amidine groups is 1. The van der Waals surface area contributed by atoms with Crippen molar-refractivity contribution in [2.45, 2.75) is 65.3 Å². The third kappa shape index (κ3) is 5.49. The second-order valence-corrected chi connectivity index (χ2v) is 9.54. The van der Waals surface area contributed by atoms with Gasteiger partial charge in [-0.25, -0.2) is 4.99 Å². The lowest BCUT2D eigenvalue weighted by molar-refractivity contribution is -0.124. The number of rotatable bonds is 8. The van der Waals surface area contributed by atoms with Crippen LogP contribution in [-0.4, -0.2) is 35.2 Å². The Hall–Kier alpha value is -2.73. The first kappa shape index (κ1) is 24.4. The molecule has 1 amide bonds. The van der Waals surface area contributed by atoms with E-state index < -0.39 is 0 Å². The number of hydrogen-bond donors (Lipinski definition) is 0. The molecular weight excluding hydrogens is 444 g/mol. The van der Waals surface area contributed by atoms with Gasteiger partial charge in [0.15, 0.2) is 16.7 Å². The van der Waals surface area contributed by atoms with Crippen LogP contribution in [-0.2, 0) is 11.2 Å². The lowest BCUT2D eigenvalue weighted by Gasteiger charge is -2.30. The van der Waals surface area contributed by atoms with Crippen molar-refractivity contribution in [1.29, 1.82) is 0 Å². The number of nitrogens with zero attached hydrogens (tertiary/aromatic N) is 2. The van der Waals surface area contributed by atoms with Gasteiger partial charge in [-0.3, -0.25) is 9.69 Å². The summed E-state index contributed by atoms with van der Waals surface area (Å²) in [7, 11) is 0. The third-order valence-corrected chi connectivity index (χ3v) is 7.21. The zero-order chi connectivity index (χ0) is 23.9. The van der Waals surface area contributed by atoms with Crippen LogP contribution in [0.2, 0.25) is 0 Å². The summed E-state index contributed by atoms with van der Waals surface area (Å²) in [5.41, 5.74) is 3.06. The molecule has 180 valence electrons. The Kier molecular flexibility index (Phi) is 8.33. The zero-order valence-corrected chi connectivity index (χ0v) is 21.2. The molecule has 1 saturated carbocycles. The van der Waals surface area contributed by atoms with Gasteiger partial charge in [0.1, 0.15) is 0 Å². The molecule has 0 aromatic heterocycles. The second kappa shape index (κ2) is 11.6. The minimum absolute atomic E-state index is 0.0523. The van der Waals surface area contributed by atoms with Crippen LogP contribution in [0.4, 0.5) is 5.69 Å². The van der Waals surface area contributed by atoms with Crippen LogP contribution < -0.4 is 9.47 Å². The molecule has 1 aliphatic heterocycles. The predicted molar refractivity (Wildman–Crippen MR) is 141 cm³/mol. The highest BCUT2D eigenvalue weighted by molar-refractivity contribution is 8.18. The maximum Gasteiger partial charge on any atom is 0.267 e. The van der Waals surface area contributed by atoms with Crippen LogP contribution in [0.3, 0.4) is 0 Å². The number of carbonyl (C=O) groups is 1. The van der Waals surface area contributed by atoms with Crippen molar-refractivity contribution in [3.8, 4) is 11.5 Å². The van der Waals surface area contributed by atoms with Crippen molar-refractivity contribution in [2.24, 2.45) is 4.99 Å². The van der Waals surface area contributed by atoms with Crippen molar-refractivity contribution in [3.63, 3.8) is 0 Å². The van der Waals surface area contributed by atoms with Crippen LogP contribution in [0.25, 0.3) is 6.08 Å². The molecule has 34 heavy (non-hydrogen) atoms. The van der Waals surface area contributed by atoms with Crippen LogP contribution >= 0.6 is 11.8 Å². The fourth-order valence-electron chi connectivity index (χ4n) is 4.56. The Balaban J connectivity index is 1.70. The topological polar surface area (TPSA) is 51.1 Å². The van der Waals surface area contributed by atoms with Crippen LogP contribution in [0.1, 0.15) is 64.0 Å². The van der Waals surface area contributed by atoms with E-state index in [1.807, 2.05) is 61.2 Å². The van der Waals surface area contributed by atoms with Gasteiger partial charge in [-0.2, -0.15) is 0 Å². The summed E-state index contributed by atoms with van der Waals surface area (Å²) in [6.07, 6.45) is 8.49. The summed E-state index contributed by atoms with van der Waals surface area (Å²) in [5.74, 6) is 1.47. The van der Waals surface area contributed by atoms with Crippen LogP contribution in [0.5, 0.6) is 11.5 Å². The van der Waals surface area contributed by atoms with Gasteiger partial charge >= 0.3 is 0 Å². The summed E-state index contributed by atoms with van der Waals surface area (Å²) in [6.45, 7) is 7.17. The molecule has 2 fully saturated rings. The highest BCUT2D eigenvalue weighted by Crippen LogP contribution is 2.39. The number of ether oxygens (including phenoxy) is 2. The van der Waals surface area contributed by atoms with E-state index in [4.69, 9.17) is 14.5 Å². The normalized spacial score (nSPS) is 19.3. The molecule has 1 saturated heterocycles. The standard InChI is InChI=1S/C28H34N2O3S/c1-4-21-12-10-11-15-23(21)29-28-30(22-13-8-7-9-14-22)27(31)26(34-28)19-20-16-17-24(32-5-2)25(18-20)33-6-3/h10-12,15-19,22H,4-9,13-14H2,1-3H3/b26-19+,29-28?. The molecule has 2 aliphatic rings. The predicted octanol–water partition coefficient (Wildman–Crippen LogP) is 6.98. The van der Waals surface area contributed by atoms with Gasteiger partial charge in [-0.05, 0) is 80.3 Å². The first-order valence-electron chi connectivity index (χ1n) is 12.4. The zero-order valence-electron chi connectivity index (χ0n) is 20.4. The molecule has 2 aromatic rings. The van der Waals surface area contributed by atoms with Gasteiger partial charge in [-0.1, -0.05) is 50.5 Å². The fourth-order valence-corrected chi connectivity index (χ4v) is 5.61. The van der Waals surface area contributed by atoms with Crippen molar-refractivity contribution in [2.75, 3.05) is 13.2 Å². The second-order valence-electron chi connectivity index (χ2n) is 8.53. The van der Waals surface area contributed by atoms with Crippen LogP contribution in [0, 0.1) is 0 Å². The lowest BCUT2D eigenvalue weighted by Crippen LogP contribution is -2.40. The minimum Gasteiger partial charge on any atom is -0.490 e. The molecule has 2 aromatic carbocycles. The van der Waals surface area contributed by atoms with E-state index in [1.165, 1.54) is 23.7 Å². The molecule has 5 nitrogen and oxygen atoms in total.